The van der Waals surface area contributed by atoms with Gasteiger partial charge in [0, 0.05) is 26.2 Å². The fourth-order valence-corrected chi connectivity index (χ4v) is 2.45. The molecule has 0 spiro atoms. The van der Waals surface area contributed by atoms with Gasteiger partial charge in [0.2, 0.25) is 0 Å². The number of rotatable bonds is 6. The molecule has 0 aromatic rings. The molecule has 1 unspecified atom stereocenters. The standard InChI is InChI=1S/C13H28N2O/c1-13(2,11-15(3)4)10-14-9-12-7-5-6-8-16-12/h12,14H,5-11H2,1-4H3. The van der Waals surface area contributed by atoms with Gasteiger partial charge in [-0.15, -0.1) is 0 Å². The topological polar surface area (TPSA) is 24.5 Å². The summed E-state index contributed by atoms with van der Waals surface area (Å²) in [5, 5.41) is 3.55. The summed E-state index contributed by atoms with van der Waals surface area (Å²) in [7, 11) is 4.26. The first-order valence-corrected chi connectivity index (χ1v) is 6.47. The highest BCUT2D eigenvalue weighted by molar-refractivity contribution is 4.76. The minimum absolute atomic E-state index is 0.332. The number of nitrogens with zero attached hydrogens (tertiary/aromatic N) is 1. The summed E-state index contributed by atoms with van der Waals surface area (Å²) in [6.07, 6.45) is 4.24. The van der Waals surface area contributed by atoms with E-state index in [2.05, 4.69) is 38.2 Å². The molecule has 0 radical (unpaired) electrons. The van der Waals surface area contributed by atoms with Crippen LogP contribution in [0.15, 0.2) is 0 Å². The lowest BCUT2D eigenvalue weighted by atomic mass is 9.93. The molecule has 0 aromatic heterocycles. The van der Waals surface area contributed by atoms with Gasteiger partial charge in [0.25, 0.3) is 0 Å². The van der Waals surface area contributed by atoms with E-state index in [-0.39, 0.29) is 0 Å². The fourth-order valence-electron chi connectivity index (χ4n) is 2.45. The average molecular weight is 228 g/mol. The Morgan fingerprint density at radius 3 is 2.62 bits per heavy atom. The highest BCUT2D eigenvalue weighted by atomic mass is 16.5. The molecule has 1 atom stereocenters. The van der Waals surface area contributed by atoms with E-state index < -0.39 is 0 Å². The molecular weight excluding hydrogens is 200 g/mol. The molecule has 1 fully saturated rings. The largest absolute Gasteiger partial charge is 0.377 e. The molecule has 96 valence electrons. The Morgan fingerprint density at radius 2 is 2.06 bits per heavy atom. The van der Waals surface area contributed by atoms with Crippen LogP contribution in [0.25, 0.3) is 0 Å². The van der Waals surface area contributed by atoms with Gasteiger partial charge in [-0.3, -0.25) is 0 Å². The van der Waals surface area contributed by atoms with Crippen LogP contribution in [-0.4, -0.2) is 51.3 Å². The van der Waals surface area contributed by atoms with E-state index in [9.17, 15) is 0 Å². The number of nitrogens with one attached hydrogen (secondary N) is 1. The van der Waals surface area contributed by atoms with Gasteiger partial charge in [-0.05, 0) is 38.8 Å². The second-order valence-electron chi connectivity index (χ2n) is 6.02. The lowest BCUT2D eigenvalue weighted by molar-refractivity contribution is 0.0155. The zero-order chi connectivity index (χ0) is 12.0. The minimum Gasteiger partial charge on any atom is -0.377 e. The van der Waals surface area contributed by atoms with Crippen LogP contribution in [0.5, 0.6) is 0 Å². The van der Waals surface area contributed by atoms with E-state index in [1.807, 2.05) is 0 Å². The summed E-state index contributed by atoms with van der Waals surface area (Å²) in [6.45, 7) is 8.75. The van der Waals surface area contributed by atoms with Crippen LogP contribution in [0.4, 0.5) is 0 Å². The maximum atomic E-state index is 5.70. The lowest BCUT2D eigenvalue weighted by Crippen LogP contribution is -2.41. The summed E-state index contributed by atoms with van der Waals surface area (Å²) in [5.74, 6) is 0. The summed E-state index contributed by atoms with van der Waals surface area (Å²) in [6, 6.07) is 0. The minimum atomic E-state index is 0.332. The average Bonchev–Trinajstić information content (AvgIpc) is 2.16. The highest BCUT2D eigenvalue weighted by Crippen LogP contribution is 2.15. The lowest BCUT2D eigenvalue weighted by Gasteiger charge is -2.30. The third kappa shape index (κ3) is 5.83. The van der Waals surface area contributed by atoms with Crippen LogP contribution in [0.2, 0.25) is 0 Å². The molecule has 3 nitrogen and oxygen atoms in total. The Labute approximate surface area is 101 Å². The zero-order valence-corrected chi connectivity index (χ0v) is 11.4. The number of ether oxygens (including phenoxy) is 1. The third-order valence-electron chi connectivity index (χ3n) is 2.99. The third-order valence-corrected chi connectivity index (χ3v) is 2.99. The first kappa shape index (κ1) is 13.9. The van der Waals surface area contributed by atoms with Gasteiger partial charge in [-0.1, -0.05) is 13.8 Å². The summed E-state index contributed by atoms with van der Waals surface area (Å²) in [5.41, 5.74) is 0.332. The molecule has 1 rings (SSSR count). The highest BCUT2D eigenvalue weighted by Gasteiger charge is 2.20. The van der Waals surface area contributed by atoms with E-state index in [4.69, 9.17) is 4.74 Å². The quantitative estimate of drug-likeness (QED) is 0.749. The monoisotopic (exact) mass is 228 g/mol. The Hall–Kier alpha value is -0.120. The van der Waals surface area contributed by atoms with Crippen molar-refractivity contribution in [2.24, 2.45) is 5.41 Å². The Morgan fingerprint density at radius 1 is 1.31 bits per heavy atom. The van der Waals surface area contributed by atoms with Gasteiger partial charge in [0.05, 0.1) is 6.10 Å². The van der Waals surface area contributed by atoms with E-state index in [0.29, 0.717) is 11.5 Å². The van der Waals surface area contributed by atoms with E-state index >= 15 is 0 Å². The molecule has 0 bridgehead atoms. The van der Waals surface area contributed by atoms with Gasteiger partial charge in [0.15, 0.2) is 0 Å². The fraction of sp³-hybridized carbons (Fsp3) is 1.00. The smallest absolute Gasteiger partial charge is 0.0699 e. The molecule has 1 heterocycles. The Bertz CT molecular complexity index is 186. The van der Waals surface area contributed by atoms with Gasteiger partial charge < -0.3 is 15.0 Å². The van der Waals surface area contributed by atoms with E-state index in [0.717, 1.165) is 26.2 Å². The summed E-state index contributed by atoms with van der Waals surface area (Å²) >= 11 is 0. The normalized spacial score (nSPS) is 22.7. The SMILES string of the molecule is CN(C)CC(C)(C)CNCC1CCCCO1. The van der Waals surface area contributed by atoms with Crippen molar-refractivity contribution in [3.63, 3.8) is 0 Å². The first-order valence-electron chi connectivity index (χ1n) is 6.47. The maximum absolute atomic E-state index is 5.70. The van der Waals surface area contributed by atoms with Crippen LogP contribution in [0.1, 0.15) is 33.1 Å². The number of hydrogen-bond acceptors (Lipinski definition) is 3. The molecule has 1 aliphatic rings. The second kappa shape index (κ2) is 6.58. The maximum Gasteiger partial charge on any atom is 0.0699 e. The predicted molar refractivity (Wildman–Crippen MR) is 68.8 cm³/mol. The summed E-state index contributed by atoms with van der Waals surface area (Å²) < 4.78 is 5.70. The molecule has 1 saturated heterocycles. The van der Waals surface area contributed by atoms with Crippen molar-refractivity contribution in [3.05, 3.63) is 0 Å². The van der Waals surface area contributed by atoms with Crippen molar-refractivity contribution >= 4 is 0 Å². The van der Waals surface area contributed by atoms with Crippen molar-refractivity contribution in [3.8, 4) is 0 Å². The van der Waals surface area contributed by atoms with E-state index in [1.165, 1.54) is 19.3 Å². The van der Waals surface area contributed by atoms with Gasteiger partial charge in [-0.25, -0.2) is 0 Å². The van der Waals surface area contributed by atoms with E-state index in [1.54, 1.807) is 0 Å². The molecule has 16 heavy (non-hydrogen) atoms. The van der Waals surface area contributed by atoms with Crippen molar-refractivity contribution in [1.82, 2.24) is 10.2 Å². The van der Waals surface area contributed by atoms with Crippen LogP contribution >= 0.6 is 0 Å². The molecule has 1 aliphatic heterocycles. The van der Waals surface area contributed by atoms with Crippen molar-refractivity contribution < 1.29 is 4.74 Å². The molecule has 0 amide bonds. The molecule has 1 N–H and O–H groups in total. The molecule has 0 aromatic carbocycles. The molecule has 0 saturated carbocycles. The van der Waals surface area contributed by atoms with Crippen LogP contribution < -0.4 is 5.32 Å². The first-order chi connectivity index (χ1) is 7.49. The van der Waals surface area contributed by atoms with Crippen LogP contribution in [0, 0.1) is 5.41 Å². The van der Waals surface area contributed by atoms with Gasteiger partial charge >= 0.3 is 0 Å². The molecule has 0 aliphatic carbocycles. The zero-order valence-electron chi connectivity index (χ0n) is 11.4. The predicted octanol–water partition coefficient (Wildman–Crippen LogP) is 1.73. The summed E-state index contributed by atoms with van der Waals surface area (Å²) in [4.78, 5) is 2.25. The number of hydrogen-bond donors (Lipinski definition) is 1. The van der Waals surface area contributed by atoms with Crippen molar-refractivity contribution in [2.45, 2.75) is 39.2 Å². The van der Waals surface area contributed by atoms with Crippen molar-refractivity contribution in [1.29, 1.82) is 0 Å². The second-order valence-corrected chi connectivity index (χ2v) is 6.02. The van der Waals surface area contributed by atoms with Gasteiger partial charge in [-0.2, -0.15) is 0 Å². The van der Waals surface area contributed by atoms with Crippen molar-refractivity contribution in [2.75, 3.05) is 40.3 Å². The van der Waals surface area contributed by atoms with Gasteiger partial charge in [0.1, 0.15) is 0 Å². The molecular formula is C13H28N2O. The Balaban J connectivity index is 2.13. The Kier molecular flexibility index (Phi) is 5.73. The van der Waals surface area contributed by atoms with Crippen LogP contribution in [0.3, 0.4) is 0 Å². The molecule has 3 heteroatoms. The van der Waals surface area contributed by atoms with Crippen LogP contribution in [-0.2, 0) is 4.74 Å².